The fraction of sp³-hybridized carbons (Fsp3) is 0.500. The summed E-state index contributed by atoms with van der Waals surface area (Å²) in [4.78, 5) is 29.8. The van der Waals surface area contributed by atoms with Gasteiger partial charge in [-0.15, -0.1) is 0 Å². The van der Waals surface area contributed by atoms with Gasteiger partial charge in [-0.25, -0.2) is 0 Å². The van der Waals surface area contributed by atoms with E-state index in [1.54, 1.807) is 17.5 Å². The summed E-state index contributed by atoms with van der Waals surface area (Å²) in [6.45, 7) is 2.69. The third-order valence-electron chi connectivity index (χ3n) is 5.33. The standard InChI is InChI=1S/C22H31N5O2/c1-23-22(25-12-11-17-5-3-2-4-6-17)26-15-18-7-9-19(10-8-18)21(29)27-14-13-24-20(28)16-27/h5,7-10H,2-4,6,11-16H2,1H3,(H,24,28)(H2,23,25,26). The van der Waals surface area contributed by atoms with Crippen molar-refractivity contribution in [2.75, 3.05) is 33.2 Å². The van der Waals surface area contributed by atoms with Gasteiger partial charge in [0.15, 0.2) is 5.96 Å². The van der Waals surface area contributed by atoms with Crippen LogP contribution < -0.4 is 16.0 Å². The van der Waals surface area contributed by atoms with Gasteiger partial charge >= 0.3 is 0 Å². The maximum Gasteiger partial charge on any atom is 0.254 e. The molecule has 7 heteroatoms. The smallest absolute Gasteiger partial charge is 0.254 e. The maximum absolute atomic E-state index is 12.5. The average Bonchev–Trinajstić information content (AvgIpc) is 2.76. The van der Waals surface area contributed by atoms with Crippen LogP contribution in [0.1, 0.15) is 48.0 Å². The first kappa shape index (κ1) is 20.9. The lowest BCUT2D eigenvalue weighted by atomic mass is 9.97. The van der Waals surface area contributed by atoms with Crippen molar-refractivity contribution in [1.82, 2.24) is 20.9 Å². The third kappa shape index (κ3) is 6.34. The summed E-state index contributed by atoms with van der Waals surface area (Å²) >= 11 is 0. The Balaban J connectivity index is 1.44. The second kappa shape index (κ2) is 10.6. The quantitative estimate of drug-likeness (QED) is 0.388. The Kier molecular flexibility index (Phi) is 7.67. The van der Waals surface area contributed by atoms with E-state index in [9.17, 15) is 9.59 Å². The zero-order chi connectivity index (χ0) is 20.5. The van der Waals surface area contributed by atoms with Crippen molar-refractivity contribution in [1.29, 1.82) is 0 Å². The van der Waals surface area contributed by atoms with Crippen LogP contribution in [-0.4, -0.2) is 55.9 Å². The van der Waals surface area contributed by atoms with E-state index in [2.05, 4.69) is 27.0 Å². The predicted molar refractivity (Wildman–Crippen MR) is 115 cm³/mol. The van der Waals surface area contributed by atoms with Crippen molar-refractivity contribution in [3.8, 4) is 0 Å². The molecule has 29 heavy (non-hydrogen) atoms. The van der Waals surface area contributed by atoms with Crippen LogP contribution in [0.15, 0.2) is 40.9 Å². The highest BCUT2D eigenvalue weighted by molar-refractivity contribution is 5.97. The molecule has 2 aliphatic rings. The molecule has 1 aliphatic heterocycles. The summed E-state index contributed by atoms with van der Waals surface area (Å²) in [6.07, 6.45) is 8.50. The molecular weight excluding hydrogens is 366 g/mol. The van der Waals surface area contributed by atoms with E-state index < -0.39 is 0 Å². The molecule has 3 rings (SSSR count). The Bertz CT molecular complexity index is 770. The SMILES string of the molecule is CN=C(NCCC1=CCCCC1)NCc1ccc(C(=O)N2CCNC(=O)C2)cc1. The van der Waals surface area contributed by atoms with E-state index in [0.29, 0.717) is 25.2 Å². The van der Waals surface area contributed by atoms with Gasteiger partial charge in [0.25, 0.3) is 5.91 Å². The first-order chi connectivity index (χ1) is 14.2. The van der Waals surface area contributed by atoms with Crippen LogP contribution in [-0.2, 0) is 11.3 Å². The van der Waals surface area contributed by atoms with Gasteiger partial charge in [0.2, 0.25) is 5.91 Å². The molecule has 1 aromatic rings. The van der Waals surface area contributed by atoms with Crippen molar-refractivity contribution in [2.45, 2.75) is 38.6 Å². The van der Waals surface area contributed by atoms with Gasteiger partial charge in [0.1, 0.15) is 0 Å². The molecule has 7 nitrogen and oxygen atoms in total. The minimum Gasteiger partial charge on any atom is -0.356 e. The van der Waals surface area contributed by atoms with Crippen LogP contribution >= 0.6 is 0 Å². The number of carbonyl (C=O) groups is 2. The number of guanidine groups is 1. The highest BCUT2D eigenvalue weighted by atomic mass is 16.2. The zero-order valence-electron chi connectivity index (χ0n) is 17.2. The van der Waals surface area contributed by atoms with Gasteiger partial charge in [-0.3, -0.25) is 14.6 Å². The largest absolute Gasteiger partial charge is 0.356 e. The zero-order valence-corrected chi connectivity index (χ0v) is 17.2. The molecule has 0 radical (unpaired) electrons. The van der Waals surface area contributed by atoms with Gasteiger partial charge in [-0.2, -0.15) is 0 Å². The number of amides is 2. The van der Waals surface area contributed by atoms with Crippen molar-refractivity contribution in [2.24, 2.45) is 4.99 Å². The molecule has 0 atom stereocenters. The minimum atomic E-state index is -0.107. The molecule has 1 aromatic carbocycles. The van der Waals surface area contributed by atoms with Gasteiger partial charge < -0.3 is 20.9 Å². The third-order valence-corrected chi connectivity index (χ3v) is 5.33. The highest BCUT2D eigenvalue weighted by Gasteiger charge is 2.22. The molecule has 1 saturated heterocycles. The molecular formula is C22H31N5O2. The summed E-state index contributed by atoms with van der Waals surface area (Å²) < 4.78 is 0. The monoisotopic (exact) mass is 397 g/mol. The van der Waals surface area contributed by atoms with E-state index >= 15 is 0 Å². The molecule has 0 saturated carbocycles. The number of allylic oxidation sites excluding steroid dienone is 1. The molecule has 156 valence electrons. The summed E-state index contributed by atoms with van der Waals surface area (Å²) in [5.41, 5.74) is 3.22. The summed E-state index contributed by atoms with van der Waals surface area (Å²) in [6, 6.07) is 7.50. The van der Waals surface area contributed by atoms with Crippen molar-refractivity contribution in [3.63, 3.8) is 0 Å². The van der Waals surface area contributed by atoms with Crippen LogP contribution in [0, 0.1) is 0 Å². The van der Waals surface area contributed by atoms with E-state index in [4.69, 9.17) is 0 Å². The van der Waals surface area contributed by atoms with E-state index in [1.807, 2.05) is 24.3 Å². The average molecular weight is 398 g/mol. The summed E-state index contributed by atoms with van der Waals surface area (Å²) in [7, 11) is 1.77. The number of nitrogens with one attached hydrogen (secondary N) is 3. The molecule has 0 unspecified atom stereocenters. The predicted octanol–water partition coefficient (Wildman–Crippen LogP) is 1.81. The molecule has 2 amide bonds. The molecule has 1 aliphatic carbocycles. The van der Waals surface area contributed by atoms with E-state index in [1.165, 1.54) is 25.7 Å². The number of benzene rings is 1. The molecule has 0 aromatic heterocycles. The van der Waals surface area contributed by atoms with Crippen LogP contribution in [0.3, 0.4) is 0 Å². The maximum atomic E-state index is 12.5. The second-order valence-corrected chi connectivity index (χ2v) is 7.48. The molecule has 3 N–H and O–H groups in total. The summed E-state index contributed by atoms with van der Waals surface area (Å²) in [5.74, 6) is 0.568. The molecule has 1 heterocycles. The lowest BCUT2D eigenvalue weighted by Gasteiger charge is -2.26. The van der Waals surface area contributed by atoms with Crippen molar-refractivity contribution in [3.05, 3.63) is 47.0 Å². The Morgan fingerprint density at radius 3 is 2.72 bits per heavy atom. The van der Waals surface area contributed by atoms with Gasteiger partial charge in [-0.05, 0) is 49.8 Å². The fourth-order valence-electron chi connectivity index (χ4n) is 3.64. The number of rotatable bonds is 6. The Morgan fingerprint density at radius 1 is 1.21 bits per heavy atom. The number of aliphatic imine (C=N–C) groups is 1. The first-order valence-electron chi connectivity index (χ1n) is 10.4. The van der Waals surface area contributed by atoms with Crippen molar-refractivity contribution >= 4 is 17.8 Å². The van der Waals surface area contributed by atoms with Gasteiger partial charge in [-0.1, -0.05) is 23.8 Å². The first-order valence-corrected chi connectivity index (χ1v) is 10.4. The number of hydrogen-bond acceptors (Lipinski definition) is 3. The number of hydrogen-bond donors (Lipinski definition) is 3. The summed E-state index contributed by atoms with van der Waals surface area (Å²) in [5, 5.41) is 9.41. The minimum absolute atomic E-state index is 0.103. The number of nitrogens with zero attached hydrogens (tertiary/aromatic N) is 2. The van der Waals surface area contributed by atoms with Crippen LogP contribution in [0.25, 0.3) is 0 Å². The lowest BCUT2D eigenvalue weighted by molar-refractivity contribution is -0.123. The topological polar surface area (TPSA) is 85.8 Å². The molecule has 1 fully saturated rings. The van der Waals surface area contributed by atoms with Gasteiger partial charge in [0.05, 0.1) is 6.54 Å². The number of piperazine rings is 1. The Hall–Kier alpha value is -2.83. The fourth-order valence-corrected chi connectivity index (χ4v) is 3.64. The van der Waals surface area contributed by atoms with Crippen LogP contribution in [0.4, 0.5) is 0 Å². The normalized spacial score (nSPS) is 17.4. The van der Waals surface area contributed by atoms with E-state index in [0.717, 1.165) is 24.5 Å². The lowest BCUT2D eigenvalue weighted by Crippen LogP contribution is -2.49. The van der Waals surface area contributed by atoms with E-state index in [-0.39, 0.29) is 18.4 Å². The number of carbonyl (C=O) groups excluding carboxylic acids is 2. The van der Waals surface area contributed by atoms with Crippen molar-refractivity contribution < 1.29 is 9.59 Å². The highest BCUT2D eigenvalue weighted by Crippen LogP contribution is 2.19. The van der Waals surface area contributed by atoms with Crippen LogP contribution in [0.2, 0.25) is 0 Å². The Labute approximate surface area is 172 Å². The van der Waals surface area contributed by atoms with Gasteiger partial charge in [0, 0.05) is 38.8 Å². The van der Waals surface area contributed by atoms with Crippen LogP contribution in [0.5, 0.6) is 0 Å². The molecule has 0 bridgehead atoms. The molecule has 0 spiro atoms. The Morgan fingerprint density at radius 2 is 2.03 bits per heavy atom. The second-order valence-electron chi connectivity index (χ2n) is 7.48.